The van der Waals surface area contributed by atoms with Crippen LogP contribution in [0, 0.1) is 5.82 Å². The smallest absolute Gasteiger partial charge is 0.260 e. The van der Waals surface area contributed by atoms with E-state index in [1.165, 1.54) is 12.1 Å². The Balaban J connectivity index is 1.81. The topological polar surface area (TPSA) is 38.3 Å². The summed E-state index contributed by atoms with van der Waals surface area (Å²) in [6, 6.07) is 11.3. The van der Waals surface area contributed by atoms with E-state index in [0.29, 0.717) is 28.2 Å². The maximum absolute atomic E-state index is 12.8. The molecule has 0 aliphatic rings. The van der Waals surface area contributed by atoms with Crippen molar-refractivity contribution in [3.8, 4) is 5.75 Å². The highest BCUT2D eigenvalue weighted by atomic mass is 79.9. The quantitative estimate of drug-likeness (QED) is 0.782. The van der Waals surface area contributed by atoms with Crippen LogP contribution in [0.3, 0.4) is 0 Å². The maximum atomic E-state index is 12.8. The summed E-state index contributed by atoms with van der Waals surface area (Å²) in [6.45, 7) is 2.13. The lowest BCUT2D eigenvalue weighted by Crippen LogP contribution is -2.37. The molecule has 0 heterocycles. The fourth-order valence-corrected chi connectivity index (χ4v) is 2.72. The van der Waals surface area contributed by atoms with Crippen LogP contribution in [-0.2, 0) is 11.2 Å². The molecule has 2 aromatic rings. The highest BCUT2D eigenvalue weighted by molar-refractivity contribution is 9.10. The largest absolute Gasteiger partial charge is 0.480 e. The fraction of sp³-hybridized carbons (Fsp3) is 0.235. The predicted octanol–water partition coefficient (Wildman–Crippen LogP) is 4.37. The minimum Gasteiger partial charge on any atom is -0.480 e. The third-order valence-corrected chi connectivity index (χ3v) is 4.05. The van der Waals surface area contributed by atoms with Crippen molar-refractivity contribution in [3.63, 3.8) is 0 Å². The molecule has 0 saturated carbocycles. The second-order valence-corrected chi connectivity index (χ2v) is 6.29. The Hall–Kier alpha value is -1.59. The molecule has 0 fully saturated rings. The third kappa shape index (κ3) is 5.52. The van der Waals surface area contributed by atoms with E-state index in [4.69, 9.17) is 16.3 Å². The van der Waals surface area contributed by atoms with Gasteiger partial charge in [0.05, 0.1) is 4.47 Å². The van der Waals surface area contributed by atoms with Crippen LogP contribution in [0.25, 0.3) is 0 Å². The van der Waals surface area contributed by atoms with Crippen molar-refractivity contribution < 1.29 is 13.9 Å². The first kappa shape index (κ1) is 17.8. The molecule has 2 rings (SSSR count). The summed E-state index contributed by atoms with van der Waals surface area (Å²) in [4.78, 5) is 12.0. The summed E-state index contributed by atoms with van der Waals surface area (Å²) in [5.41, 5.74) is 0.959. The SMILES string of the molecule is C[C@H](Oc1ccc(Cl)cc1Br)C(=O)NCCc1ccc(F)cc1. The molecule has 0 bridgehead atoms. The fourth-order valence-electron chi connectivity index (χ4n) is 1.94. The van der Waals surface area contributed by atoms with Crippen LogP contribution >= 0.6 is 27.5 Å². The lowest BCUT2D eigenvalue weighted by atomic mass is 10.1. The molecule has 2 aromatic carbocycles. The Morgan fingerprint density at radius 1 is 1.30 bits per heavy atom. The van der Waals surface area contributed by atoms with E-state index in [1.807, 2.05) is 0 Å². The standard InChI is InChI=1S/C17H16BrClFNO2/c1-11(23-16-7-4-13(19)10-15(16)18)17(22)21-9-8-12-2-5-14(20)6-3-12/h2-7,10-11H,8-9H2,1H3,(H,21,22)/t11-/m0/s1. The number of halogens is 3. The first-order chi connectivity index (χ1) is 11.0. The van der Waals surface area contributed by atoms with Gasteiger partial charge in [0.15, 0.2) is 6.10 Å². The van der Waals surface area contributed by atoms with Crippen molar-refractivity contribution in [1.82, 2.24) is 5.32 Å². The summed E-state index contributed by atoms with van der Waals surface area (Å²) >= 11 is 9.21. The van der Waals surface area contributed by atoms with Crippen molar-refractivity contribution in [3.05, 3.63) is 63.3 Å². The molecular formula is C17H16BrClFNO2. The van der Waals surface area contributed by atoms with E-state index in [0.717, 1.165) is 5.56 Å². The number of benzene rings is 2. The zero-order chi connectivity index (χ0) is 16.8. The first-order valence-corrected chi connectivity index (χ1v) is 8.26. The Kier molecular flexibility index (Phi) is 6.42. The van der Waals surface area contributed by atoms with Crippen LogP contribution in [0.1, 0.15) is 12.5 Å². The van der Waals surface area contributed by atoms with E-state index in [2.05, 4.69) is 21.2 Å². The van der Waals surface area contributed by atoms with Gasteiger partial charge in [0.25, 0.3) is 5.91 Å². The maximum Gasteiger partial charge on any atom is 0.260 e. The molecule has 23 heavy (non-hydrogen) atoms. The molecule has 0 spiro atoms. The number of rotatable bonds is 6. The molecule has 122 valence electrons. The van der Waals surface area contributed by atoms with E-state index >= 15 is 0 Å². The lowest BCUT2D eigenvalue weighted by Gasteiger charge is -2.16. The minimum atomic E-state index is -0.638. The van der Waals surface area contributed by atoms with Gasteiger partial charge >= 0.3 is 0 Å². The Morgan fingerprint density at radius 3 is 2.65 bits per heavy atom. The second kappa shape index (κ2) is 8.31. The summed E-state index contributed by atoms with van der Waals surface area (Å²) in [5.74, 6) is 0.0675. The molecule has 3 nitrogen and oxygen atoms in total. The molecule has 1 amide bonds. The average molecular weight is 401 g/mol. The third-order valence-electron chi connectivity index (χ3n) is 3.19. The van der Waals surface area contributed by atoms with E-state index < -0.39 is 6.10 Å². The van der Waals surface area contributed by atoms with Crippen LogP contribution in [0.2, 0.25) is 5.02 Å². The van der Waals surface area contributed by atoms with Gasteiger partial charge in [-0.15, -0.1) is 0 Å². The van der Waals surface area contributed by atoms with Gasteiger partial charge < -0.3 is 10.1 Å². The molecule has 0 saturated heterocycles. The van der Waals surface area contributed by atoms with Crippen LogP contribution in [-0.4, -0.2) is 18.6 Å². The van der Waals surface area contributed by atoms with Crippen molar-refractivity contribution in [2.75, 3.05) is 6.54 Å². The zero-order valence-corrected chi connectivity index (χ0v) is 14.8. The second-order valence-electron chi connectivity index (χ2n) is 5.00. The molecule has 0 unspecified atom stereocenters. The summed E-state index contributed by atoms with van der Waals surface area (Å²) in [5, 5.41) is 3.38. The van der Waals surface area contributed by atoms with Crippen molar-refractivity contribution in [2.24, 2.45) is 0 Å². The minimum absolute atomic E-state index is 0.214. The van der Waals surface area contributed by atoms with Crippen molar-refractivity contribution >= 4 is 33.4 Å². The normalized spacial score (nSPS) is 11.8. The van der Waals surface area contributed by atoms with Gasteiger partial charge in [0.2, 0.25) is 0 Å². The molecule has 0 aliphatic carbocycles. The van der Waals surface area contributed by atoms with Crippen LogP contribution in [0.15, 0.2) is 46.9 Å². The lowest BCUT2D eigenvalue weighted by molar-refractivity contribution is -0.127. The van der Waals surface area contributed by atoms with Crippen LogP contribution in [0.5, 0.6) is 5.75 Å². The molecule has 1 N–H and O–H groups in total. The molecule has 1 atom stereocenters. The van der Waals surface area contributed by atoms with Gasteiger partial charge in [0.1, 0.15) is 11.6 Å². The van der Waals surface area contributed by atoms with Gasteiger partial charge in [-0.1, -0.05) is 23.7 Å². The predicted molar refractivity (Wildman–Crippen MR) is 92.4 cm³/mol. The summed E-state index contributed by atoms with van der Waals surface area (Å²) in [6.07, 6.45) is -0.00989. The Labute approximate surface area is 147 Å². The van der Waals surface area contributed by atoms with E-state index in [1.54, 1.807) is 37.3 Å². The molecule has 0 aromatic heterocycles. The van der Waals surface area contributed by atoms with Crippen molar-refractivity contribution in [1.29, 1.82) is 0 Å². The summed E-state index contributed by atoms with van der Waals surface area (Å²) in [7, 11) is 0. The molecule has 0 aliphatic heterocycles. The van der Waals surface area contributed by atoms with Gasteiger partial charge in [-0.2, -0.15) is 0 Å². The Morgan fingerprint density at radius 2 is 2.00 bits per heavy atom. The van der Waals surface area contributed by atoms with E-state index in [9.17, 15) is 9.18 Å². The number of hydrogen-bond acceptors (Lipinski definition) is 2. The first-order valence-electron chi connectivity index (χ1n) is 7.09. The molecule has 0 radical (unpaired) electrons. The number of ether oxygens (including phenoxy) is 1. The zero-order valence-electron chi connectivity index (χ0n) is 12.5. The number of carbonyl (C=O) groups excluding carboxylic acids is 1. The number of amides is 1. The van der Waals surface area contributed by atoms with Crippen LogP contribution < -0.4 is 10.1 Å². The molecular weight excluding hydrogens is 385 g/mol. The van der Waals surface area contributed by atoms with Gasteiger partial charge in [-0.3, -0.25) is 4.79 Å². The van der Waals surface area contributed by atoms with Gasteiger partial charge in [0, 0.05) is 11.6 Å². The van der Waals surface area contributed by atoms with E-state index in [-0.39, 0.29) is 11.7 Å². The highest BCUT2D eigenvalue weighted by Crippen LogP contribution is 2.28. The highest BCUT2D eigenvalue weighted by Gasteiger charge is 2.15. The van der Waals surface area contributed by atoms with Gasteiger partial charge in [-0.25, -0.2) is 4.39 Å². The van der Waals surface area contributed by atoms with Crippen molar-refractivity contribution in [2.45, 2.75) is 19.4 Å². The average Bonchev–Trinajstić information content (AvgIpc) is 2.51. The number of nitrogens with one attached hydrogen (secondary N) is 1. The summed E-state index contributed by atoms with van der Waals surface area (Å²) < 4.78 is 19.1. The number of hydrogen-bond donors (Lipinski definition) is 1. The van der Waals surface area contributed by atoms with Gasteiger partial charge in [-0.05, 0) is 65.2 Å². The Bertz CT molecular complexity index is 679. The van der Waals surface area contributed by atoms with Crippen LogP contribution in [0.4, 0.5) is 4.39 Å². The molecule has 6 heteroatoms. The monoisotopic (exact) mass is 399 g/mol. The number of carbonyl (C=O) groups is 1.